The number of allylic oxidation sites excluding steroid dienone is 1. The monoisotopic (exact) mass is 339 g/mol. The van der Waals surface area contributed by atoms with E-state index in [9.17, 15) is 14.7 Å². The van der Waals surface area contributed by atoms with Crippen LogP contribution < -0.4 is 4.90 Å². The summed E-state index contributed by atoms with van der Waals surface area (Å²) in [4.78, 5) is 24.1. The van der Waals surface area contributed by atoms with Crippen LogP contribution >= 0.6 is 11.8 Å². The Morgan fingerprint density at radius 2 is 2.30 bits per heavy atom. The zero-order valence-corrected chi connectivity index (χ0v) is 13.8. The number of carbonyl (C=O) groups is 2. The van der Waals surface area contributed by atoms with Crippen LogP contribution in [0, 0.1) is 0 Å². The van der Waals surface area contributed by atoms with E-state index >= 15 is 0 Å². The molecule has 1 amide bonds. The average molecular weight is 339 g/mol. The molecule has 1 saturated heterocycles. The van der Waals surface area contributed by atoms with E-state index in [2.05, 4.69) is 0 Å². The molecule has 0 radical (unpaired) electrons. The largest absolute Gasteiger partial charge is 0.481 e. The molecule has 0 aromatic carbocycles. The minimum atomic E-state index is -0.783. The van der Waals surface area contributed by atoms with E-state index in [1.165, 1.54) is 11.8 Å². The first-order valence-electron chi connectivity index (χ1n) is 7.59. The number of aliphatic hydroxyl groups is 1. The number of rotatable bonds is 8. The maximum Gasteiger partial charge on any atom is 0.303 e. The number of aliphatic hydroxyl groups excluding tert-OH is 1. The molecule has 7 heteroatoms. The number of aliphatic carboxylic acids is 1. The van der Waals surface area contributed by atoms with Crippen LogP contribution in [0.15, 0.2) is 28.7 Å². The van der Waals surface area contributed by atoms with Crippen molar-refractivity contribution in [1.29, 1.82) is 0 Å². The SMILES string of the molecule is CC(O)c1ccc(N2C(=O)SC[C@@H]2CC=CCCCC(=O)O)o1. The maximum absolute atomic E-state index is 12.1. The number of nitrogens with zero attached hydrogens (tertiary/aromatic N) is 1. The van der Waals surface area contributed by atoms with Gasteiger partial charge in [0.2, 0.25) is 5.88 Å². The van der Waals surface area contributed by atoms with Gasteiger partial charge in [0.25, 0.3) is 5.24 Å². The van der Waals surface area contributed by atoms with Crippen LogP contribution in [0.25, 0.3) is 0 Å². The Hall–Kier alpha value is -1.73. The highest BCUT2D eigenvalue weighted by atomic mass is 32.2. The third-order valence-corrected chi connectivity index (χ3v) is 4.55. The minimum Gasteiger partial charge on any atom is -0.481 e. The summed E-state index contributed by atoms with van der Waals surface area (Å²) in [6, 6.07) is 3.39. The lowest BCUT2D eigenvalue weighted by Gasteiger charge is -2.20. The lowest BCUT2D eigenvalue weighted by atomic mass is 10.1. The van der Waals surface area contributed by atoms with Crippen molar-refractivity contribution in [3.8, 4) is 0 Å². The number of furan rings is 1. The molecule has 1 unspecified atom stereocenters. The molecule has 2 rings (SSSR count). The Bertz CT molecular complexity index is 581. The van der Waals surface area contributed by atoms with E-state index in [0.29, 0.717) is 36.7 Å². The summed E-state index contributed by atoms with van der Waals surface area (Å²) in [5.74, 6) is 0.796. The quantitative estimate of drug-likeness (QED) is 0.556. The van der Waals surface area contributed by atoms with Gasteiger partial charge < -0.3 is 14.6 Å². The van der Waals surface area contributed by atoms with E-state index in [-0.39, 0.29) is 17.7 Å². The van der Waals surface area contributed by atoms with Crippen LogP contribution in [0.4, 0.5) is 10.7 Å². The number of unbranched alkanes of at least 4 members (excludes halogenated alkanes) is 1. The molecule has 1 aliphatic rings. The second-order valence-corrected chi connectivity index (χ2v) is 6.42. The highest BCUT2D eigenvalue weighted by Crippen LogP contribution is 2.34. The topological polar surface area (TPSA) is 91.0 Å². The molecule has 1 fully saturated rings. The standard InChI is InChI=1S/C16H21NO5S/c1-11(18)13-8-9-14(22-13)17-12(10-23-16(17)21)6-4-2-3-5-7-15(19)20/h2,4,8-9,11-12,18H,3,5-7,10H2,1H3,(H,19,20)/t11?,12-/m0/s1. The molecule has 23 heavy (non-hydrogen) atoms. The smallest absolute Gasteiger partial charge is 0.303 e. The van der Waals surface area contributed by atoms with Crippen molar-refractivity contribution in [2.45, 2.75) is 44.8 Å². The fraction of sp³-hybridized carbons (Fsp3) is 0.500. The van der Waals surface area contributed by atoms with Gasteiger partial charge in [-0.1, -0.05) is 23.9 Å². The van der Waals surface area contributed by atoms with Crippen molar-refractivity contribution in [1.82, 2.24) is 0 Å². The van der Waals surface area contributed by atoms with Crippen molar-refractivity contribution in [3.63, 3.8) is 0 Å². The Morgan fingerprint density at radius 1 is 1.52 bits per heavy atom. The normalized spacial score (nSPS) is 19.7. The van der Waals surface area contributed by atoms with E-state index in [4.69, 9.17) is 9.52 Å². The van der Waals surface area contributed by atoms with E-state index < -0.39 is 12.1 Å². The van der Waals surface area contributed by atoms with Crippen LogP contribution in [0.1, 0.15) is 44.5 Å². The van der Waals surface area contributed by atoms with Gasteiger partial charge in [-0.3, -0.25) is 14.5 Å². The first-order valence-corrected chi connectivity index (χ1v) is 8.58. The molecule has 0 bridgehead atoms. The van der Waals surface area contributed by atoms with Crippen molar-refractivity contribution < 1.29 is 24.2 Å². The molecule has 1 aliphatic heterocycles. The lowest BCUT2D eigenvalue weighted by molar-refractivity contribution is -0.137. The van der Waals surface area contributed by atoms with E-state index in [0.717, 1.165) is 0 Å². The van der Waals surface area contributed by atoms with E-state index in [1.807, 2.05) is 12.2 Å². The molecule has 6 nitrogen and oxygen atoms in total. The zero-order chi connectivity index (χ0) is 16.8. The number of amides is 1. The Labute approximate surface area is 139 Å². The van der Waals surface area contributed by atoms with Crippen molar-refractivity contribution in [2.75, 3.05) is 10.7 Å². The predicted molar refractivity (Wildman–Crippen MR) is 88.7 cm³/mol. The van der Waals surface area contributed by atoms with E-state index in [1.54, 1.807) is 24.0 Å². The van der Waals surface area contributed by atoms with Crippen LogP contribution in [-0.4, -0.2) is 33.2 Å². The number of anilines is 1. The fourth-order valence-corrected chi connectivity index (χ4v) is 3.34. The number of carboxylic acid groups (broad SMARTS) is 1. The maximum atomic E-state index is 12.1. The molecule has 2 heterocycles. The molecular weight excluding hydrogens is 318 g/mol. The molecule has 126 valence electrons. The zero-order valence-electron chi connectivity index (χ0n) is 13.0. The summed E-state index contributed by atoms with van der Waals surface area (Å²) in [5.41, 5.74) is 0. The molecule has 2 atom stereocenters. The predicted octanol–water partition coefficient (Wildman–Crippen LogP) is 3.58. The number of hydrogen-bond acceptors (Lipinski definition) is 5. The summed E-state index contributed by atoms with van der Waals surface area (Å²) < 4.78 is 5.55. The van der Waals surface area contributed by atoms with Gasteiger partial charge in [0.05, 0.1) is 6.04 Å². The van der Waals surface area contributed by atoms with Crippen LogP contribution in [0.3, 0.4) is 0 Å². The fourth-order valence-electron chi connectivity index (χ4n) is 2.34. The Balaban J connectivity index is 1.91. The van der Waals surface area contributed by atoms with Crippen LogP contribution in [-0.2, 0) is 4.79 Å². The van der Waals surface area contributed by atoms with Crippen LogP contribution in [0.2, 0.25) is 0 Å². The van der Waals surface area contributed by atoms with Gasteiger partial charge in [-0.05, 0) is 32.3 Å². The van der Waals surface area contributed by atoms with Gasteiger partial charge in [0.15, 0.2) is 0 Å². The lowest BCUT2D eigenvalue weighted by Crippen LogP contribution is -2.32. The first-order chi connectivity index (χ1) is 11.0. The van der Waals surface area contributed by atoms with Crippen molar-refractivity contribution in [2.24, 2.45) is 0 Å². The van der Waals surface area contributed by atoms with Gasteiger partial charge in [-0.2, -0.15) is 0 Å². The third kappa shape index (κ3) is 4.87. The summed E-state index contributed by atoms with van der Waals surface area (Å²) in [7, 11) is 0. The van der Waals surface area contributed by atoms with Gasteiger partial charge in [-0.25, -0.2) is 0 Å². The molecular formula is C16H21NO5S. The van der Waals surface area contributed by atoms with Gasteiger partial charge in [0.1, 0.15) is 11.9 Å². The molecule has 1 aromatic rings. The molecule has 0 aliphatic carbocycles. The van der Waals surface area contributed by atoms with Crippen LogP contribution in [0.5, 0.6) is 0 Å². The number of thioether (sulfide) groups is 1. The molecule has 1 aromatic heterocycles. The highest BCUT2D eigenvalue weighted by molar-refractivity contribution is 8.14. The number of carboxylic acids is 1. The Morgan fingerprint density at radius 3 is 2.96 bits per heavy atom. The number of carbonyl (C=O) groups excluding carboxylic acids is 1. The molecule has 0 spiro atoms. The first kappa shape index (κ1) is 17.6. The third-order valence-electron chi connectivity index (χ3n) is 3.56. The summed E-state index contributed by atoms with van der Waals surface area (Å²) in [5, 5.41) is 18.0. The van der Waals surface area contributed by atoms with Crippen molar-refractivity contribution in [3.05, 3.63) is 30.0 Å². The van der Waals surface area contributed by atoms with Gasteiger partial charge in [0, 0.05) is 18.2 Å². The second kappa shape index (κ2) is 8.21. The Kier molecular flexibility index (Phi) is 6.29. The summed E-state index contributed by atoms with van der Waals surface area (Å²) >= 11 is 1.25. The van der Waals surface area contributed by atoms with Crippen molar-refractivity contribution >= 4 is 28.9 Å². The minimum absolute atomic E-state index is 0.0104. The highest BCUT2D eigenvalue weighted by Gasteiger charge is 2.34. The summed E-state index contributed by atoms with van der Waals surface area (Å²) in [6.45, 7) is 1.61. The molecule has 0 saturated carbocycles. The average Bonchev–Trinajstić information content (AvgIpc) is 3.09. The van der Waals surface area contributed by atoms with Gasteiger partial charge >= 0.3 is 5.97 Å². The summed E-state index contributed by atoms with van der Waals surface area (Å²) in [6.07, 6.45) is 5.42. The molecule has 2 N–H and O–H groups in total. The van der Waals surface area contributed by atoms with Gasteiger partial charge in [-0.15, -0.1) is 0 Å². The second-order valence-electron chi connectivity index (χ2n) is 5.45. The number of hydrogen-bond donors (Lipinski definition) is 2.